The van der Waals surface area contributed by atoms with Crippen LogP contribution in [-0.2, 0) is 9.53 Å². The van der Waals surface area contributed by atoms with Gasteiger partial charge in [-0.05, 0) is 50.6 Å². The van der Waals surface area contributed by atoms with E-state index in [-0.39, 0.29) is 18.3 Å². The molecule has 5 nitrogen and oxygen atoms in total. The molecule has 1 amide bonds. The van der Waals surface area contributed by atoms with E-state index in [9.17, 15) is 4.79 Å². The first-order chi connectivity index (χ1) is 10.1. The standard InChI is InChI=1S/C15H19N3O2S.ClH/c1-10-3-4-11-12(9-10)21-14(17-11)18-13(19)15(20-2)5-7-16-8-6-15;/h3-4,9,16H,5-8H2,1-2H3,(H,17,18,19);1H. The summed E-state index contributed by atoms with van der Waals surface area (Å²) in [6.45, 7) is 3.63. The topological polar surface area (TPSA) is 63.2 Å². The highest BCUT2D eigenvalue weighted by Gasteiger charge is 2.40. The number of ether oxygens (including phenoxy) is 1. The summed E-state index contributed by atoms with van der Waals surface area (Å²) in [6, 6.07) is 6.09. The SMILES string of the molecule is COC1(C(=O)Nc2nc3ccc(C)cc3s2)CCNCC1.Cl. The number of halogens is 1. The number of thiazole rings is 1. The minimum absolute atomic E-state index is 0. The Morgan fingerprint density at radius 3 is 2.82 bits per heavy atom. The summed E-state index contributed by atoms with van der Waals surface area (Å²) in [7, 11) is 1.60. The molecular formula is C15H20ClN3O2S. The number of hydrogen-bond donors (Lipinski definition) is 2. The predicted octanol–water partition coefficient (Wildman–Crippen LogP) is 2.73. The molecule has 0 atom stereocenters. The number of anilines is 1. The molecule has 1 aliphatic rings. The molecule has 7 heteroatoms. The number of fused-ring (bicyclic) bond motifs is 1. The largest absolute Gasteiger partial charge is 0.368 e. The zero-order valence-electron chi connectivity index (χ0n) is 12.6. The fourth-order valence-electron chi connectivity index (χ4n) is 2.65. The lowest BCUT2D eigenvalue weighted by molar-refractivity contribution is -0.140. The molecule has 3 rings (SSSR count). The molecule has 1 aromatic heterocycles. The number of rotatable bonds is 3. The Labute approximate surface area is 139 Å². The van der Waals surface area contributed by atoms with Gasteiger partial charge >= 0.3 is 0 Å². The van der Waals surface area contributed by atoms with E-state index >= 15 is 0 Å². The first-order valence-corrected chi connectivity index (χ1v) is 7.89. The summed E-state index contributed by atoms with van der Waals surface area (Å²) < 4.78 is 6.62. The van der Waals surface area contributed by atoms with E-state index in [0.29, 0.717) is 18.0 Å². The van der Waals surface area contributed by atoms with Crippen molar-refractivity contribution >= 4 is 45.0 Å². The van der Waals surface area contributed by atoms with Crippen molar-refractivity contribution in [2.75, 3.05) is 25.5 Å². The molecular weight excluding hydrogens is 322 g/mol. The number of aryl methyl sites for hydroxylation is 1. The molecule has 0 spiro atoms. The fraction of sp³-hybridized carbons (Fsp3) is 0.467. The van der Waals surface area contributed by atoms with Crippen molar-refractivity contribution in [3.63, 3.8) is 0 Å². The van der Waals surface area contributed by atoms with Gasteiger partial charge in [-0.2, -0.15) is 0 Å². The Hall–Kier alpha value is -1.21. The maximum atomic E-state index is 12.6. The second-order valence-corrected chi connectivity index (χ2v) is 6.42. The van der Waals surface area contributed by atoms with Crippen LogP contribution in [0.15, 0.2) is 18.2 Å². The van der Waals surface area contributed by atoms with Crippen LogP contribution in [0.5, 0.6) is 0 Å². The summed E-state index contributed by atoms with van der Waals surface area (Å²) >= 11 is 1.50. The second-order valence-electron chi connectivity index (χ2n) is 5.39. The van der Waals surface area contributed by atoms with Gasteiger partial charge in [0, 0.05) is 7.11 Å². The zero-order valence-corrected chi connectivity index (χ0v) is 14.3. The number of methoxy groups -OCH3 is 1. The second kappa shape index (κ2) is 6.91. The molecule has 1 saturated heterocycles. The number of amides is 1. The lowest BCUT2D eigenvalue weighted by Crippen LogP contribution is -2.51. The Balaban J connectivity index is 0.00000176. The summed E-state index contributed by atoms with van der Waals surface area (Å²) in [5.41, 5.74) is 1.37. The van der Waals surface area contributed by atoms with Crippen molar-refractivity contribution in [1.29, 1.82) is 0 Å². The van der Waals surface area contributed by atoms with E-state index in [4.69, 9.17) is 4.74 Å². The highest BCUT2D eigenvalue weighted by Crippen LogP contribution is 2.29. The lowest BCUT2D eigenvalue weighted by Gasteiger charge is -2.34. The van der Waals surface area contributed by atoms with Crippen LogP contribution in [0.1, 0.15) is 18.4 Å². The van der Waals surface area contributed by atoms with Gasteiger partial charge in [-0.1, -0.05) is 17.4 Å². The van der Waals surface area contributed by atoms with Gasteiger partial charge in [0.15, 0.2) is 5.13 Å². The average Bonchev–Trinajstić information content (AvgIpc) is 2.89. The van der Waals surface area contributed by atoms with Gasteiger partial charge in [0.2, 0.25) is 0 Å². The highest BCUT2D eigenvalue weighted by molar-refractivity contribution is 7.22. The third-order valence-corrected chi connectivity index (χ3v) is 4.91. The first kappa shape index (κ1) is 17.1. The van der Waals surface area contributed by atoms with E-state index in [0.717, 1.165) is 23.3 Å². The summed E-state index contributed by atoms with van der Waals surface area (Å²) in [6.07, 6.45) is 1.36. The van der Waals surface area contributed by atoms with Gasteiger partial charge in [0.05, 0.1) is 10.2 Å². The molecule has 120 valence electrons. The number of hydrogen-bond acceptors (Lipinski definition) is 5. The summed E-state index contributed by atoms with van der Waals surface area (Å²) in [5, 5.41) is 6.81. The molecule has 22 heavy (non-hydrogen) atoms. The number of nitrogens with one attached hydrogen (secondary N) is 2. The van der Waals surface area contributed by atoms with E-state index in [1.165, 1.54) is 16.9 Å². The van der Waals surface area contributed by atoms with Crippen molar-refractivity contribution < 1.29 is 9.53 Å². The maximum Gasteiger partial charge on any atom is 0.258 e. The van der Waals surface area contributed by atoms with E-state index < -0.39 is 5.60 Å². The van der Waals surface area contributed by atoms with Crippen molar-refractivity contribution in [2.45, 2.75) is 25.4 Å². The van der Waals surface area contributed by atoms with Gasteiger partial charge in [-0.3, -0.25) is 10.1 Å². The van der Waals surface area contributed by atoms with Gasteiger partial charge < -0.3 is 10.1 Å². The van der Waals surface area contributed by atoms with Crippen LogP contribution in [0.2, 0.25) is 0 Å². The molecule has 2 N–H and O–H groups in total. The minimum Gasteiger partial charge on any atom is -0.368 e. The number of aromatic nitrogens is 1. The maximum absolute atomic E-state index is 12.6. The molecule has 0 aliphatic carbocycles. The minimum atomic E-state index is -0.737. The molecule has 0 radical (unpaired) electrons. The number of benzene rings is 1. The Kier molecular flexibility index (Phi) is 5.39. The van der Waals surface area contributed by atoms with Crippen LogP contribution in [0, 0.1) is 6.92 Å². The van der Waals surface area contributed by atoms with Crippen molar-refractivity contribution in [3.05, 3.63) is 23.8 Å². The van der Waals surface area contributed by atoms with Crippen molar-refractivity contribution in [2.24, 2.45) is 0 Å². The quantitative estimate of drug-likeness (QED) is 0.901. The van der Waals surface area contributed by atoms with E-state index in [1.807, 2.05) is 19.1 Å². The molecule has 1 fully saturated rings. The van der Waals surface area contributed by atoms with Crippen molar-refractivity contribution in [1.82, 2.24) is 10.3 Å². The number of carbonyl (C=O) groups excluding carboxylic acids is 1. The zero-order chi connectivity index (χ0) is 14.9. The molecule has 1 aromatic carbocycles. The number of nitrogens with zero attached hydrogens (tertiary/aromatic N) is 1. The van der Waals surface area contributed by atoms with Gasteiger partial charge in [-0.15, -0.1) is 12.4 Å². The molecule has 0 saturated carbocycles. The van der Waals surface area contributed by atoms with Gasteiger partial charge in [0.25, 0.3) is 5.91 Å². The average molecular weight is 342 g/mol. The fourth-order valence-corrected chi connectivity index (χ4v) is 3.61. The molecule has 1 aliphatic heterocycles. The Morgan fingerprint density at radius 2 is 2.14 bits per heavy atom. The summed E-state index contributed by atoms with van der Waals surface area (Å²) in [4.78, 5) is 17.0. The van der Waals surface area contributed by atoms with Gasteiger partial charge in [-0.25, -0.2) is 4.98 Å². The van der Waals surface area contributed by atoms with Crippen LogP contribution >= 0.6 is 23.7 Å². The van der Waals surface area contributed by atoms with Crippen LogP contribution in [-0.4, -0.2) is 36.7 Å². The third kappa shape index (κ3) is 3.25. The van der Waals surface area contributed by atoms with Crippen LogP contribution in [0.4, 0.5) is 5.13 Å². The van der Waals surface area contributed by atoms with Gasteiger partial charge in [0.1, 0.15) is 5.60 Å². The summed E-state index contributed by atoms with van der Waals surface area (Å²) in [5.74, 6) is -0.0951. The molecule has 0 unspecified atom stereocenters. The molecule has 2 aromatic rings. The van der Waals surface area contributed by atoms with E-state index in [2.05, 4.69) is 21.7 Å². The monoisotopic (exact) mass is 341 g/mol. The van der Waals surface area contributed by atoms with E-state index in [1.54, 1.807) is 7.11 Å². The highest BCUT2D eigenvalue weighted by atomic mass is 35.5. The smallest absolute Gasteiger partial charge is 0.258 e. The van der Waals surface area contributed by atoms with Crippen LogP contribution in [0.3, 0.4) is 0 Å². The Morgan fingerprint density at radius 1 is 1.41 bits per heavy atom. The predicted molar refractivity (Wildman–Crippen MR) is 92.1 cm³/mol. The first-order valence-electron chi connectivity index (χ1n) is 7.07. The normalized spacial score (nSPS) is 17.0. The lowest BCUT2D eigenvalue weighted by atomic mass is 9.91. The number of carbonyl (C=O) groups is 1. The molecule has 0 bridgehead atoms. The third-order valence-electron chi connectivity index (χ3n) is 3.98. The molecule has 2 heterocycles. The van der Waals surface area contributed by atoms with Crippen LogP contribution in [0.25, 0.3) is 10.2 Å². The number of piperidine rings is 1. The van der Waals surface area contributed by atoms with Crippen molar-refractivity contribution in [3.8, 4) is 0 Å². The Bertz CT molecular complexity index is 668. The van der Waals surface area contributed by atoms with Crippen LogP contribution < -0.4 is 10.6 Å².